The summed E-state index contributed by atoms with van der Waals surface area (Å²) in [5.74, 6) is -1.59. The van der Waals surface area contributed by atoms with Crippen LogP contribution in [0.2, 0.25) is 0 Å². The first-order valence-electron chi connectivity index (χ1n) is 7.03. The molecule has 0 amide bonds. The SMILES string of the molecule is C=C1C=C[C@H]2[C@@](C)(C(=O)O)C(=O)CC[C@]2(C)[C@H]1CCO. The fourth-order valence-corrected chi connectivity index (χ4v) is 4.09. The highest BCUT2D eigenvalue weighted by Crippen LogP contribution is 2.58. The molecule has 0 aromatic carbocycles. The van der Waals surface area contributed by atoms with Crippen LogP contribution < -0.4 is 0 Å². The molecule has 20 heavy (non-hydrogen) atoms. The van der Waals surface area contributed by atoms with E-state index >= 15 is 0 Å². The standard InChI is InChI=1S/C16H22O4/c1-10-4-5-12-15(2,11(10)7-9-17)8-6-13(18)16(12,3)14(19)20/h4-5,11-12,17H,1,6-9H2,2-3H3,(H,19,20)/t11-,12+,15+,16+/m0/s1. The van der Waals surface area contributed by atoms with Crippen LogP contribution in [-0.4, -0.2) is 28.6 Å². The van der Waals surface area contributed by atoms with Gasteiger partial charge in [-0.3, -0.25) is 9.59 Å². The highest BCUT2D eigenvalue weighted by atomic mass is 16.4. The molecule has 0 aliphatic heterocycles. The van der Waals surface area contributed by atoms with Gasteiger partial charge in [-0.15, -0.1) is 0 Å². The molecule has 1 saturated carbocycles. The van der Waals surface area contributed by atoms with Crippen LogP contribution >= 0.6 is 0 Å². The number of hydrogen-bond acceptors (Lipinski definition) is 3. The Hall–Kier alpha value is -1.42. The number of aliphatic carboxylic acids is 1. The molecule has 2 rings (SSSR count). The summed E-state index contributed by atoms with van der Waals surface area (Å²) >= 11 is 0. The molecule has 2 aliphatic rings. The number of hydrogen-bond donors (Lipinski definition) is 2. The molecule has 0 aromatic rings. The Balaban J connectivity index is 2.54. The number of ketones is 1. The van der Waals surface area contributed by atoms with Crippen LogP contribution in [0.4, 0.5) is 0 Å². The van der Waals surface area contributed by atoms with E-state index in [2.05, 4.69) is 6.58 Å². The lowest BCUT2D eigenvalue weighted by Crippen LogP contribution is -2.56. The molecule has 2 N–H and O–H groups in total. The monoisotopic (exact) mass is 278 g/mol. The van der Waals surface area contributed by atoms with Gasteiger partial charge in [-0.05, 0) is 31.1 Å². The van der Waals surface area contributed by atoms with E-state index in [1.165, 1.54) is 6.92 Å². The Morgan fingerprint density at radius 3 is 2.70 bits per heavy atom. The number of fused-ring (bicyclic) bond motifs is 1. The highest BCUT2D eigenvalue weighted by molar-refractivity contribution is 6.04. The van der Waals surface area contributed by atoms with E-state index in [0.717, 1.165) is 5.57 Å². The van der Waals surface area contributed by atoms with Crippen LogP contribution in [0.1, 0.15) is 33.1 Å². The van der Waals surface area contributed by atoms with Crippen LogP contribution in [0.5, 0.6) is 0 Å². The van der Waals surface area contributed by atoms with Crippen LogP contribution in [0.25, 0.3) is 0 Å². The first-order valence-corrected chi connectivity index (χ1v) is 7.03. The number of carboxylic acid groups (broad SMARTS) is 1. The van der Waals surface area contributed by atoms with Crippen molar-refractivity contribution < 1.29 is 19.8 Å². The molecular formula is C16H22O4. The van der Waals surface area contributed by atoms with Crippen molar-refractivity contribution in [1.82, 2.24) is 0 Å². The summed E-state index contributed by atoms with van der Waals surface area (Å²) in [7, 11) is 0. The van der Waals surface area contributed by atoms with E-state index in [9.17, 15) is 19.8 Å². The van der Waals surface area contributed by atoms with Crippen molar-refractivity contribution >= 4 is 11.8 Å². The van der Waals surface area contributed by atoms with Gasteiger partial charge in [0.25, 0.3) is 0 Å². The average Bonchev–Trinajstić information content (AvgIpc) is 2.39. The molecule has 4 atom stereocenters. The zero-order valence-corrected chi connectivity index (χ0v) is 12.1. The van der Waals surface area contributed by atoms with E-state index in [-0.39, 0.29) is 36.1 Å². The third-order valence-electron chi connectivity index (χ3n) is 5.41. The van der Waals surface area contributed by atoms with Crippen LogP contribution in [0.3, 0.4) is 0 Å². The van der Waals surface area contributed by atoms with Crippen molar-refractivity contribution in [3.05, 3.63) is 24.3 Å². The Kier molecular flexibility index (Phi) is 3.63. The predicted molar refractivity (Wildman–Crippen MR) is 75.1 cm³/mol. The Bertz CT molecular complexity index is 493. The summed E-state index contributed by atoms with van der Waals surface area (Å²) in [4.78, 5) is 23.9. The molecule has 0 unspecified atom stereocenters. The molecule has 0 radical (unpaired) electrons. The van der Waals surface area contributed by atoms with Crippen molar-refractivity contribution in [3.63, 3.8) is 0 Å². The smallest absolute Gasteiger partial charge is 0.317 e. The molecule has 1 fully saturated rings. The zero-order chi connectivity index (χ0) is 15.1. The van der Waals surface area contributed by atoms with E-state index in [1.807, 2.05) is 19.1 Å². The minimum absolute atomic E-state index is 0.0225. The van der Waals surface area contributed by atoms with Crippen LogP contribution in [-0.2, 0) is 9.59 Å². The first kappa shape index (κ1) is 15.0. The molecule has 0 bridgehead atoms. The second-order valence-electron chi connectivity index (χ2n) is 6.41. The summed E-state index contributed by atoms with van der Waals surface area (Å²) in [6.07, 6.45) is 5.14. The van der Waals surface area contributed by atoms with Crippen molar-refractivity contribution in [2.24, 2.45) is 22.7 Å². The number of rotatable bonds is 3. The second kappa shape index (κ2) is 4.85. The zero-order valence-electron chi connectivity index (χ0n) is 12.1. The number of Topliss-reactive ketones (excluding diaryl/α,β-unsaturated/α-hetero) is 1. The van der Waals surface area contributed by atoms with Crippen LogP contribution in [0.15, 0.2) is 24.3 Å². The number of carbonyl (C=O) groups excluding carboxylic acids is 1. The van der Waals surface area contributed by atoms with Crippen molar-refractivity contribution in [2.75, 3.05) is 6.61 Å². The summed E-state index contributed by atoms with van der Waals surface area (Å²) < 4.78 is 0. The largest absolute Gasteiger partial charge is 0.480 e. The minimum atomic E-state index is -1.38. The average molecular weight is 278 g/mol. The van der Waals surface area contributed by atoms with Crippen molar-refractivity contribution in [2.45, 2.75) is 33.1 Å². The number of allylic oxidation sites excluding steroid dienone is 3. The predicted octanol–water partition coefficient (Wildman–Crippen LogP) is 2.19. The van der Waals surface area contributed by atoms with Gasteiger partial charge in [-0.2, -0.15) is 0 Å². The molecular weight excluding hydrogens is 256 g/mol. The lowest BCUT2D eigenvalue weighted by atomic mass is 9.48. The molecule has 110 valence electrons. The lowest BCUT2D eigenvalue weighted by molar-refractivity contribution is -0.165. The maximum absolute atomic E-state index is 12.2. The normalized spacial score (nSPS) is 40.5. The number of carbonyl (C=O) groups is 2. The number of aliphatic hydroxyl groups is 1. The molecule has 0 saturated heterocycles. The fourth-order valence-electron chi connectivity index (χ4n) is 4.09. The maximum Gasteiger partial charge on any atom is 0.317 e. The first-order chi connectivity index (χ1) is 9.28. The summed E-state index contributed by atoms with van der Waals surface area (Å²) in [6, 6.07) is 0. The van der Waals surface area contributed by atoms with Gasteiger partial charge in [-0.1, -0.05) is 31.2 Å². The molecule has 0 heterocycles. The Labute approximate surface area is 119 Å². The van der Waals surface area contributed by atoms with Gasteiger partial charge in [0.2, 0.25) is 0 Å². The molecule has 4 nitrogen and oxygen atoms in total. The summed E-state index contributed by atoms with van der Waals surface area (Å²) in [5.41, 5.74) is -0.798. The topological polar surface area (TPSA) is 74.6 Å². The molecule has 2 aliphatic carbocycles. The lowest BCUT2D eigenvalue weighted by Gasteiger charge is -2.54. The minimum Gasteiger partial charge on any atom is -0.480 e. The van der Waals surface area contributed by atoms with Gasteiger partial charge in [0.05, 0.1) is 0 Å². The van der Waals surface area contributed by atoms with E-state index in [0.29, 0.717) is 12.8 Å². The fraction of sp³-hybridized carbons (Fsp3) is 0.625. The van der Waals surface area contributed by atoms with Crippen molar-refractivity contribution in [3.8, 4) is 0 Å². The Morgan fingerprint density at radius 1 is 1.50 bits per heavy atom. The van der Waals surface area contributed by atoms with Gasteiger partial charge in [0.1, 0.15) is 5.41 Å². The van der Waals surface area contributed by atoms with E-state index in [4.69, 9.17) is 0 Å². The molecule has 4 heteroatoms. The van der Waals surface area contributed by atoms with E-state index < -0.39 is 11.4 Å². The number of carboxylic acids is 1. The molecule has 0 aromatic heterocycles. The van der Waals surface area contributed by atoms with Gasteiger partial charge >= 0.3 is 5.97 Å². The number of aliphatic hydroxyl groups excluding tert-OH is 1. The van der Waals surface area contributed by atoms with Gasteiger partial charge < -0.3 is 10.2 Å². The van der Waals surface area contributed by atoms with Crippen molar-refractivity contribution in [1.29, 1.82) is 0 Å². The third kappa shape index (κ3) is 1.85. The van der Waals surface area contributed by atoms with Gasteiger partial charge in [0.15, 0.2) is 5.78 Å². The molecule has 0 spiro atoms. The van der Waals surface area contributed by atoms with E-state index in [1.54, 1.807) is 0 Å². The maximum atomic E-state index is 12.2. The Morgan fingerprint density at radius 2 is 2.15 bits per heavy atom. The third-order valence-corrected chi connectivity index (χ3v) is 5.41. The van der Waals surface area contributed by atoms with Gasteiger partial charge in [-0.25, -0.2) is 0 Å². The van der Waals surface area contributed by atoms with Crippen LogP contribution in [0, 0.1) is 22.7 Å². The highest BCUT2D eigenvalue weighted by Gasteiger charge is 2.60. The summed E-state index contributed by atoms with van der Waals surface area (Å²) in [6.45, 7) is 7.64. The second-order valence-corrected chi connectivity index (χ2v) is 6.41. The van der Waals surface area contributed by atoms with Gasteiger partial charge in [0, 0.05) is 18.9 Å². The quantitative estimate of drug-likeness (QED) is 0.776. The summed E-state index contributed by atoms with van der Waals surface area (Å²) in [5, 5.41) is 18.9.